The molecular weight excluding hydrogens is 267 g/mol. The molecule has 0 aromatic heterocycles. The van der Waals surface area contributed by atoms with Gasteiger partial charge >= 0.3 is 18.1 Å². The van der Waals surface area contributed by atoms with Crippen molar-refractivity contribution >= 4 is 11.7 Å². The van der Waals surface area contributed by atoms with Gasteiger partial charge in [0, 0.05) is 13.5 Å². The first-order valence-corrected chi connectivity index (χ1v) is 4.64. The first kappa shape index (κ1) is 14.6. The molecule has 0 radical (unpaired) electrons. The Morgan fingerprint density at radius 2 is 2.06 bits per heavy atom. The van der Waals surface area contributed by atoms with Gasteiger partial charge in [-0.3, -0.25) is 5.01 Å². The van der Waals surface area contributed by atoms with Crippen molar-refractivity contribution in [3.8, 4) is 0 Å². The van der Waals surface area contributed by atoms with Crippen molar-refractivity contribution in [1.29, 1.82) is 0 Å². The highest BCUT2D eigenvalue weighted by atomic mass is 19.4. The zero-order chi connectivity index (χ0) is 14.1. The molecule has 0 aliphatic carbocycles. The number of carbonyl (C=O) groups is 1. The van der Waals surface area contributed by atoms with E-state index in [1.807, 2.05) is 0 Å². The molecule has 0 spiro atoms. The number of hydrogen-bond donors (Lipinski definition) is 1. The molecule has 1 aliphatic rings. The van der Waals surface area contributed by atoms with Crippen LogP contribution in [-0.2, 0) is 9.53 Å². The normalized spacial score (nSPS) is 21.1. The third kappa shape index (κ3) is 3.06. The number of alkyl halides is 5. The van der Waals surface area contributed by atoms with Crippen molar-refractivity contribution in [1.82, 2.24) is 5.01 Å². The average molecular weight is 276 g/mol. The summed E-state index contributed by atoms with van der Waals surface area (Å²) < 4.78 is 65.0. The van der Waals surface area contributed by atoms with Crippen LogP contribution in [0.2, 0.25) is 0 Å². The van der Waals surface area contributed by atoms with Crippen LogP contribution in [0, 0.1) is 0 Å². The first-order valence-electron chi connectivity index (χ1n) is 4.64. The molecule has 1 N–H and O–H groups in total. The largest absolute Gasteiger partial charge is 0.477 e. The highest BCUT2D eigenvalue weighted by Gasteiger charge is 2.58. The lowest BCUT2D eigenvalue weighted by atomic mass is 10.2. The molecule has 0 bridgehead atoms. The van der Waals surface area contributed by atoms with Crippen molar-refractivity contribution in [2.75, 3.05) is 13.7 Å². The number of halogens is 5. The van der Waals surface area contributed by atoms with Gasteiger partial charge in [-0.2, -0.15) is 27.1 Å². The minimum atomic E-state index is -5.71. The van der Waals surface area contributed by atoms with E-state index in [0.717, 1.165) is 5.01 Å². The summed E-state index contributed by atoms with van der Waals surface area (Å²) in [5.74, 6) is -6.37. The van der Waals surface area contributed by atoms with E-state index >= 15 is 0 Å². The van der Waals surface area contributed by atoms with Gasteiger partial charge in [-0.25, -0.2) is 4.79 Å². The Kier molecular flexibility index (Phi) is 3.79. The maximum Gasteiger partial charge on any atom is 0.455 e. The van der Waals surface area contributed by atoms with Crippen LogP contribution in [0.3, 0.4) is 0 Å². The molecule has 10 heteroatoms. The monoisotopic (exact) mass is 276 g/mol. The minimum absolute atomic E-state index is 0.361. The Morgan fingerprint density at radius 1 is 1.50 bits per heavy atom. The summed E-state index contributed by atoms with van der Waals surface area (Å²) >= 11 is 0. The lowest BCUT2D eigenvalue weighted by Crippen LogP contribution is -2.43. The third-order valence-corrected chi connectivity index (χ3v) is 2.18. The Bertz CT molecular complexity index is 368. The lowest BCUT2D eigenvalue weighted by Gasteiger charge is -2.24. The number of nitrogens with zero attached hydrogens (tertiary/aromatic N) is 2. The molecular formula is C8H9F5N2O3. The molecule has 1 aliphatic heterocycles. The molecule has 104 valence electrons. The van der Waals surface area contributed by atoms with Crippen LogP contribution in [-0.4, -0.2) is 53.8 Å². The fourth-order valence-corrected chi connectivity index (χ4v) is 1.17. The van der Waals surface area contributed by atoms with Crippen molar-refractivity contribution < 1.29 is 36.6 Å². The quantitative estimate of drug-likeness (QED) is 0.786. The average Bonchev–Trinajstić information content (AvgIpc) is 2.55. The molecule has 0 saturated heterocycles. The van der Waals surface area contributed by atoms with Gasteiger partial charge in [0.15, 0.2) is 6.23 Å². The zero-order valence-corrected chi connectivity index (χ0v) is 9.04. The van der Waals surface area contributed by atoms with E-state index in [-0.39, 0.29) is 12.1 Å². The van der Waals surface area contributed by atoms with Gasteiger partial charge < -0.3 is 9.84 Å². The Hall–Kier alpha value is -1.45. The summed E-state index contributed by atoms with van der Waals surface area (Å²) in [5.41, 5.74) is -0.363. The molecule has 18 heavy (non-hydrogen) atoms. The molecule has 1 atom stereocenters. The van der Waals surface area contributed by atoms with Gasteiger partial charge in [-0.05, 0) is 0 Å². The van der Waals surface area contributed by atoms with Gasteiger partial charge in [-0.1, -0.05) is 0 Å². The number of hydrogen-bond acceptors (Lipinski definition) is 4. The van der Waals surface area contributed by atoms with E-state index < -0.39 is 30.9 Å². The zero-order valence-electron chi connectivity index (χ0n) is 9.04. The molecule has 0 saturated carbocycles. The maximum absolute atomic E-state index is 12.5. The number of ether oxygens (including phenoxy) is 1. The molecule has 0 fully saturated rings. The van der Waals surface area contributed by atoms with Crippen LogP contribution >= 0.6 is 0 Å². The summed E-state index contributed by atoms with van der Waals surface area (Å²) in [6.45, 7) is -1.88. The van der Waals surface area contributed by atoms with Crippen LogP contribution in [0.15, 0.2) is 5.10 Å². The SMILES string of the molecule is CN1N=C(C(=O)O)CC1OCC(F)(F)C(F)(F)F. The second-order valence-corrected chi connectivity index (χ2v) is 3.60. The Labute approximate surface area is 97.8 Å². The van der Waals surface area contributed by atoms with Gasteiger partial charge in [0.2, 0.25) is 0 Å². The third-order valence-electron chi connectivity index (χ3n) is 2.18. The summed E-state index contributed by atoms with van der Waals surface area (Å²) in [5, 5.41) is 12.9. The highest BCUT2D eigenvalue weighted by molar-refractivity contribution is 6.36. The van der Waals surface area contributed by atoms with Crippen LogP contribution in [0.5, 0.6) is 0 Å². The topological polar surface area (TPSA) is 62.1 Å². The summed E-state index contributed by atoms with van der Waals surface area (Å²) in [7, 11) is 1.21. The molecule has 0 aromatic carbocycles. The van der Waals surface area contributed by atoms with E-state index in [4.69, 9.17) is 5.11 Å². The predicted octanol–water partition coefficient (Wildman–Crippen LogP) is 1.30. The minimum Gasteiger partial charge on any atom is -0.477 e. The summed E-state index contributed by atoms with van der Waals surface area (Å²) in [4.78, 5) is 10.5. The number of rotatable bonds is 4. The number of hydrazone groups is 1. The van der Waals surface area contributed by atoms with E-state index in [0.29, 0.717) is 0 Å². The van der Waals surface area contributed by atoms with Crippen LogP contribution < -0.4 is 0 Å². The van der Waals surface area contributed by atoms with Crippen molar-refractivity contribution in [3.05, 3.63) is 0 Å². The molecule has 1 unspecified atom stereocenters. The standard InChI is InChI=1S/C8H9F5N2O3/c1-15-5(2-4(14-15)6(16)17)18-3-7(9,10)8(11,12)13/h5H,2-3H2,1H3,(H,16,17). The molecule has 1 heterocycles. The molecule has 0 aromatic rings. The molecule has 1 rings (SSSR count). The number of carboxylic acid groups (broad SMARTS) is 1. The predicted molar refractivity (Wildman–Crippen MR) is 48.2 cm³/mol. The van der Waals surface area contributed by atoms with Crippen molar-refractivity contribution in [3.63, 3.8) is 0 Å². The highest BCUT2D eigenvalue weighted by Crippen LogP contribution is 2.36. The van der Waals surface area contributed by atoms with Gasteiger partial charge in [0.05, 0.1) is 0 Å². The molecule has 0 amide bonds. The Balaban J connectivity index is 2.55. The van der Waals surface area contributed by atoms with Gasteiger partial charge in [0.25, 0.3) is 0 Å². The van der Waals surface area contributed by atoms with Gasteiger partial charge in [0.1, 0.15) is 12.3 Å². The maximum atomic E-state index is 12.5. The number of aliphatic carboxylic acids is 1. The van der Waals surface area contributed by atoms with Crippen LogP contribution in [0.4, 0.5) is 22.0 Å². The fourth-order valence-electron chi connectivity index (χ4n) is 1.17. The summed E-state index contributed by atoms with van der Waals surface area (Å²) in [6, 6.07) is 0. The van der Waals surface area contributed by atoms with Crippen LogP contribution in [0.1, 0.15) is 6.42 Å². The second-order valence-electron chi connectivity index (χ2n) is 3.60. The fraction of sp³-hybridized carbons (Fsp3) is 0.750. The first-order chi connectivity index (χ1) is 8.04. The Morgan fingerprint density at radius 3 is 2.44 bits per heavy atom. The lowest BCUT2D eigenvalue weighted by molar-refractivity contribution is -0.303. The van der Waals surface area contributed by atoms with E-state index in [1.54, 1.807) is 0 Å². The van der Waals surface area contributed by atoms with E-state index in [9.17, 15) is 26.7 Å². The van der Waals surface area contributed by atoms with E-state index in [1.165, 1.54) is 7.05 Å². The van der Waals surface area contributed by atoms with E-state index in [2.05, 4.69) is 9.84 Å². The van der Waals surface area contributed by atoms with Gasteiger partial charge in [-0.15, -0.1) is 0 Å². The number of carboxylic acids is 1. The van der Waals surface area contributed by atoms with Crippen LogP contribution in [0.25, 0.3) is 0 Å². The smallest absolute Gasteiger partial charge is 0.455 e. The van der Waals surface area contributed by atoms with Crippen molar-refractivity contribution in [2.45, 2.75) is 24.7 Å². The summed E-state index contributed by atoms with van der Waals surface area (Å²) in [6.07, 6.45) is -7.32. The van der Waals surface area contributed by atoms with Crippen molar-refractivity contribution in [2.24, 2.45) is 5.10 Å². The molecule has 5 nitrogen and oxygen atoms in total. The second kappa shape index (κ2) is 4.67.